The monoisotopic (exact) mass is 122 g/mol. The Labute approximate surface area is 57.0 Å². The molecule has 2 aliphatic rings. The minimum atomic E-state index is 0.892. The fraction of sp³-hybridized carbons (Fsp3) is 0.778. The van der Waals surface area contributed by atoms with Crippen molar-refractivity contribution in [3.05, 3.63) is 12.7 Å². The van der Waals surface area contributed by atoms with E-state index in [1.54, 1.807) is 0 Å². The van der Waals surface area contributed by atoms with Gasteiger partial charge in [-0.15, -0.1) is 6.58 Å². The molecule has 0 unspecified atom stereocenters. The van der Waals surface area contributed by atoms with Crippen molar-refractivity contribution in [1.82, 2.24) is 0 Å². The predicted molar refractivity (Wildman–Crippen MR) is 39.1 cm³/mol. The molecule has 0 N–H and O–H groups in total. The van der Waals surface area contributed by atoms with E-state index in [-0.39, 0.29) is 0 Å². The van der Waals surface area contributed by atoms with Gasteiger partial charge in [-0.25, -0.2) is 0 Å². The Bertz CT molecular complexity index is 126. The van der Waals surface area contributed by atoms with Crippen LogP contribution in [0, 0.1) is 17.8 Å². The van der Waals surface area contributed by atoms with Crippen molar-refractivity contribution in [3.63, 3.8) is 0 Å². The van der Waals surface area contributed by atoms with Gasteiger partial charge in [0.2, 0.25) is 0 Å². The molecule has 0 heteroatoms. The maximum atomic E-state index is 3.86. The summed E-state index contributed by atoms with van der Waals surface area (Å²) in [6.45, 7) is 3.86. The maximum Gasteiger partial charge on any atom is -0.0205 e. The summed E-state index contributed by atoms with van der Waals surface area (Å²) in [7, 11) is 0. The van der Waals surface area contributed by atoms with Gasteiger partial charge in [0.25, 0.3) is 0 Å². The number of rotatable bonds is 1. The Morgan fingerprint density at radius 3 is 2.44 bits per heavy atom. The average molecular weight is 122 g/mol. The third-order valence-electron chi connectivity index (χ3n) is 3.10. The molecule has 0 spiro atoms. The van der Waals surface area contributed by atoms with E-state index < -0.39 is 0 Å². The van der Waals surface area contributed by atoms with Gasteiger partial charge >= 0.3 is 0 Å². The normalized spacial score (nSPS) is 47.8. The molecule has 0 aromatic heterocycles. The molecule has 2 fully saturated rings. The topological polar surface area (TPSA) is 0 Å². The van der Waals surface area contributed by atoms with Crippen LogP contribution in [-0.2, 0) is 0 Å². The molecule has 0 nitrogen and oxygen atoms in total. The number of fused-ring (bicyclic) bond motifs is 2. The van der Waals surface area contributed by atoms with E-state index in [1.165, 1.54) is 25.7 Å². The third kappa shape index (κ3) is 0.726. The molecule has 9 heavy (non-hydrogen) atoms. The summed E-state index contributed by atoms with van der Waals surface area (Å²) in [6, 6.07) is 0. The zero-order valence-electron chi connectivity index (χ0n) is 5.84. The highest BCUT2D eigenvalue weighted by Crippen LogP contribution is 2.48. The lowest BCUT2D eigenvalue weighted by molar-refractivity contribution is 0.395. The summed E-state index contributed by atoms with van der Waals surface area (Å²) in [5.41, 5.74) is 0. The second-order valence-corrected chi connectivity index (χ2v) is 3.57. The molecular formula is C9H14. The van der Waals surface area contributed by atoms with Crippen LogP contribution in [-0.4, -0.2) is 0 Å². The first-order valence-corrected chi connectivity index (χ1v) is 4.02. The lowest BCUT2D eigenvalue weighted by Gasteiger charge is -2.16. The van der Waals surface area contributed by atoms with Gasteiger partial charge in [0.15, 0.2) is 0 Å². The van der Waals surface area contributed by atoms with Crippen LogP contribution in [0.5, 0.6) is 0 Å². The van der Waals surface area contributed by atoms with E-state index in [4.69, 9.17) is 0 Å². The molecule has 50 valence electrons. The minimum Gasteiger partial charge on any atom is -0.103 e. The minimum absolute atomic E-state index is 0.892. The van der Waals surface area contributed by atoms with Crippen LogP contribution in [0.1, 0.15) is 25.7 Å². The van der Waals surface area contributed by atoms with Crippen LogP contribution in [0.4, 0.5) is 0 Å². The Kier molecular flexibility index (Phi) is 1.14. The lowest BCUT2D eigenvalue weighted by atomic mass is 9.89. The molecule has 3 atom stereocenters. The molecule has 2 rings (SSSR count). The van der Waals surface area contributed by atoms with Crippen molar-refractivity contribution in [1.29, 1.82) is 0 Å². The Balaban J connectivity index is 2.09. The second kappa shape index (κ2) is 1.86. The van der Waals surface area contributed by atoms with Gasteiger partial charge in [0, 0.05) is 0 Å². The average Bonchev–Trinajstić information content (AvgIpc) is 2.45. The fourth-order valence-electron chi connectivity index (χ4n) is 2.58. The molecule has 0 saturated heterocycles. The summed E-state index contributed by atoms with van der Waals surface area (Å²) in [5.74, 6) is 3.01. The van der Waals surface area contributed by atoms with Gasteiger partial charge in [-0.05, 0) is 37.0 Å². The van der Waals surface area contributed by atoms with Crippen molar-refractivity contribution in [2.75, 3.05) is 0 Å². The van der Waals surface area contributed by atoms with Crippen molar-refractivity contribution in [3.8, 4) is 0 Å². The molecule has 0 radical (unpaired) electrons. The Morgan fingerprint density at radius 1 is 1.22 bits per heavy atom. The lowest BCUT2D eigenvalue weighted by Crippen LogP contribution is -2.06. The van der Waals surface area contributed by atoms with Crippen molar-refractivity contribution in [2.24, 2.45) is 17.8 Å². The Hall–Kier alpha value is -0.260. The molecule has 2 saturated carbocycles. The molecule has 2 aliphatic carbocycles. The molecular weight excluding hydrogens is 108 g/mol. The fourth-order valence-corrected chi connectivity index (χ4v) is 2.58. The van der Waals surface area contributed by atoms with E-state index in [2.05, 4.69) is 12.7 Å². The zero-order valence-corrected chi connectivity index (χ0v) is 5.84. The van der Waals surface area contributed by atoms with Gasteiger partial charge in [0.05, 0.1) is 0 Å². The van der Waals surface area contributed by atoms with Crippen LogP contribution in [0.25, 0.3) is 0 Å². The van der Waals surface area contributed by atoms with Gasteiger partial charge in [-0.2, -0.15) is 0 Å². The van der Waals surface area contributed by atoms with Crippen LogP contribution in [0.2, 0.25) is 0 Å². The standard InChI is InChI=1S/C9H14/c1-2-8-5-7-3-4-9(8)6-7/h2,7-9H,1,3-6H2/t7-,8-,9-/m1/s1. The van der Waals surface area contributed by atoms with Crippen LogP contribution in [0.15, 0.2) is 12.7 Å². The third-order valence-corrected chi connectivity index (χ3v) is 3.10. The van der Waals surface area contributed by atoms with Gasteiger partial charge in [0.1, 0.15) is 0 Å². The molecule has 0 aromatic rings. The summed E-state index contributed by atoms with van der Waals surface area (Å²) < 4.78 is 0. The highest BCUT2D eigenvalue weighted by molar-refractivity contribution is 4.97. The van der Waals surface area contributed by atoms with E-state index in [1.807, 2.05) is 0 Å². The Morgan fingerprint density at radius 2 is 2.11 bits per heavy atom. The molecule has 0 heterocycles. The second-order valence-electron chi connectivity index (χ2n) is 3.57. The van der Waals surface area contributed by atoms with Crippen LogP contribution in [0.3, 0.4) is 0 Å². The number of hydrogen-bond acceptors (Lipinski definition) is 0. The first-order chi connectivity index (χ1) is 4.40. The van der Waals surface area contributed by atoms with Gasteiger partial charge in [-0.1, -0.05) is 12.5 Å². The zero-order chi connectivity index (χ0) is 6.27. The maximum absolute atomic E-state index is 3.86. The van der Waals surface area contributed by atoms with Crippen LogP contribution < -0.4 is 0 Å². The van der Waals surface area contributed by atoms with E-state index in [9.17, 15) is 0 Å². The SMILES string of the molecule is C=C[C@@H]1C[C@H]2CC[C@@H]1C2. The highest BCUT2D eigenvalue weighted by Gasteiger charge is 2.37. The molecule has 0 aromatic carbocycles. The van der Waals surface area contributed by atoms with Gasteiger partial charge < -0.3 is 0 Å². The number of allylic oxidation sites excluding steroid dienone is 1. The van der Waals surface area contributed by atoms with E-state index in [0.717, 1.165) is 17.8 Å². The van der Waals surface area contributed by atoms with Crippen molar-refractivity contribution >= 4 is 0 Å². The predicted octanol–water partition coefficient (Wildman–Crippen LogP) is 2.61. The number of hydrogen-bond donors (Lipinski definition) is 0. The first-order valence-electron chi connectivity index (χ1n) is 4.02. The summed E-state index contributed by atoms with van der Waals surface area (Å²) in [6.07, 6.45) is 8.13. The summed E-state index contributed by atoms with van der Waals surface area (Å²) >= 11 is 0. The quantitative estimate of drug-likeness (QED) is 0.469. The smallest absolute Gasteiger partial charge is 0.0205 e. The first kappa shape index (κ1) is 5.52. The van der Waals surface area contributed by atoms with Crippen LogP contribution >= 0.6 is 0 Å². The highest BCUT2D eigenvalue weighted by atomic mass is 14.4. The molecule has 2 bridgehead atoms. The summed E-state index contributed by atoms with van der Waals surface area (Å²) in [4.78, 5) is 0. The van der Waals surface area contributed by atoms with Crippen molar-refractivity contribution in [2.45, 2.75) is 25.7 Å². The van der Waals surface area contributed by atoms with E-state index in [0.29, 0.717) is 0 Å². The van der Waals surface area contributed by atoms with Crippen molar-refractivity contribution < 1.29 is 0 Å². The summed E-state index contributed by atoms with van der Waals surface area (Å²) in [5, 5.41) is 0. The van der Waals surface area contributed by atoms with Gasteiger partial charge in [-0.3, -0.25) is 0 Å². The largest absolute Gasteiger partial charge is 0.103 e. The molecule has 0 amide bonds. The molecule has 0 aliphatic heterocycles. The van der Waals surface area contributed by atoms with E-state index >= 15 is 0 Å².